The van der Waals surface area contributed by atoms with Crippen LogP contribution in [0.15, 0.2) is 11.4 Å². The summed E-state index contributed by atoms with van der Waals surface area (Å²) in [7, 11) is 1.05. The van der Waals surface area contributed by atoms with E-state index in [0.717, 1.165) is 14.5 Å². The van der Waals surface area contributed by atoms with E-state index in [1.54, 1.807) is 0 Å². The van der Waals surface area contributed by atoms with E-state index in [1.165, 1.54) is 24.6 Å². The fourth-order valence-corrected chi connectivity index (χ4v) is 2.02. The van der Waals surface area contributed by atoms with Gasteiger partial charge in [0, 0.05) is 0 Å². The van der Waals surface area contributed by atoms with Crippen LogP contribution in [0, 0.1) is 5.92 Å². The molecule has 0 aromatic carbocycles. The topological polar surface area (TPSA) is 0 Å². The summed E-state index contributed by atoms with van der Waals surface area (Å²) in [6, 6.07) is 0. The molecular weight excluding hydrogens is 151 g/mol. The molecule has 0 rings (SSSR count). The van der Waals surface area contributed by atoms with Crippen LogP contribution in [0.4, 0.5) is 0 Å². The third-order valence-corrected chi connectivity index (χ3v) is 3.23. The molecule has 0 aromatic heterocycles. The zero-order chi connectivity index (χ0) is 8.69. The summed E-state index contributed by atoms with van der Waals surface area (Å²) < 4.78 is 0. The average Bonchev–Trinajstić information content (AvgIpc) is 1.97. The van der Waals surface area contributed by atoms with Crippen LogP contribution in [-0.4, -0.2) is 6.16 Å². The smallest absolute Gasteiger partial charge is 0.0316 e. The molecule has 0 aliphatic heterocycles. The molecule has 0 saturated carbocycles. The molecule has 66 valence electrons. The Morgan fingerprint density at radius 1 is 1.45 bits per heavy atom. The Morgan fingerprint density at radius 2 is 2.09 bits per heavy atom. The summed E-state index contributed by atoms with van der Waals surface area (Å²) in [5.41, 5.74) is 1.47. The molecule has 0 heterocycles. The van der Waals surface area contributed by atoms with Crippen molar-refractivity contribution in [2.24, 2.45) is 5.92 Å². The third kappa shape index (κ3) is 8.07. The molecule has 0 fully saturated rings. The van der Waals surface area contributed by atoms with E-state index in [1.807, 2.05) is 0 Å². The first kappa shape index (κ1) is 11.2. The van der Waals surface area contributed by atoms with E-state index < -0.39 is 0 Å². The van der Waals surface area contributed by atoms with Gasteiger partial charge in [0.1, 0.15) is 0 Å². The minimum atomic E-state index is 0.924. The molecule has 0 aliphatic rings. The molecule has 2 atom stereocenters. The van der Waals surface area contributed by atoms with Crippen molar-refractivity contribution in [2.75, 3.05) is 6.16 Å². The summed E-state index contributed by atoms with van der Waals surface area (Å²) in [4.78, 5) is 0. The Hall–Kier alpha value is 0.170. The SMILES string of the molecule is CCC(C)CCPC=C(C)C. The van der Waals surface area contributed by atoms with Gasteiger partial charge in [-0.05, 0) is 32.3 Å². The minimum Gasteiger partial charge on any atom is -0.0985 e. The van der Waals surface area contributed by atoms with E-state index in [4.69, 9.17) is 0 Å². The van der Waals surface area contributed by atoms with Crippen LogP contribution < -0.4 is 0 Å². The predicted octanol–water partition coefficient (Wildman–Crippen LogP) is 4.02. The van der Waals surface area contributed by atoms with Gasteiger partial charge in [-0.3, -0.25) is 0 Å². The predicted molar refractivity (Wildman–Crippen MR) is 56.7 cm³/mol. The van der Waals surface area contributed by atoms with Gasteiger partial charge in [0.05, 0.1) is 0 Å². The van der Waals surface area contributed by atoms with Crippen LogP contribution in [-0.2, 0) is 0 Å². The largest absolute Gasteiger partial charge is 0.0985 e. The van der Waals surface area contributed by atoms with Crippen molar-refractivity contribution < 1.29 is 0 Å². The van der Waals surface area contributed by atoms with Gasteiger partial charge >= 0.3 is 0 Å². The van der Waals surface area contributed by atoms with Gasteiger partial charge in [0.25, 0.3) is 0 Å². The number of hydrogen-bond acceptors (Lipinski definition) is 0. The lowest BCUT2D eigenvalue weighted by Crippen LogP contribution is -1.91. The molecular formula is C10H21P. The van der Waals surface area contributed by atoms with Crippen molar-refractivity contribution in [1.29, 1.82) is 0 Å². The van der Waals surface area contributed by atoms with Gasteiger partial charge < -0.3 is 0 Å². The second kappa shape index (κ2) is 6.85. The van der Waals surface area contributed by atoms with Crippen LogP contribution in [0.2, 0.25) is 0 Å². The zero-order valence-corrected chi connectivity index (χ0v) is 9.28. The summed E-state index contributed by atoms with van der Waals surface area (Å²) in [5, 5.41) is 0. The Balaban J connectivity index is 3.21. The Labute approximate surface area is 73.2 Å². The van der Waals surface area contributed by atoms with Crippen LogP contribution in [0.1, 0.15) is 40.5 Å². The molecule has 11 heavy (non-hydrogen) atoms. The maximum Gasteiger partial charge on any atom is -0.0316 e. The molecule has 1 heteroatoms. The number of rotatable bonds is 5. The zero-order valence-electron chi connectivity index (χ0n) is 8.28. The molecule has 0 N–H and O–H groups in total. The highest BCUT2D eigenvalue weighted by Crippen LogP contribution is 2.19. The highest BCUT2D eigenvalue weighted by Gasteiger charge is 1.95. The summed E-state index contributed by atoms with van der Waals surface area (Å²) >= 11 is 0. The van der Waals surface area contributed by atoms with Crippen molar-refractivity contribution >= 4 is 8.58 Å². The van der Waals surface area contributed by atoms with Crippen molar-refractivity contribution in [2.45, 2.75) is 40.5 Å². The maximum atomic E-state index is 2.36. The molecule has 0 amide bonds. The fraction of sp³-hybridized carbons (Fsp3) is 0.800. The lowest BCUT2D eigenvalue weighted by atomic mass is 10.1. The highest BCUT2D eigenvalue weighted by atomic mass is 31.1. The van der Waals surface area contributed by atoms with E-state index in [0.29, 0.717) is 0 Å². The number of hydrogen-bond donors (Lipinski definition) is 0. The monoisotopic (exact) mass is 172 g/mol. The summed E-state index contributed by atoms with van der Waals surface area (Å²) in [6.07, 6.45) is 4.12. The van der Waals surface area contributed by atoms with Crippen LogP contribution >= 0.6 is 8.58 Å². The van der Waals surface area contributed by atoms with Crippen molar-refractivity contribution in [3.05, 3.63) is 11.4 Å². The standard InChI is InChI=1S/C10H21P/c1-5-10(4)6-7-11-8-9(2)3/h8,10-11H,5-7H2,1-4H3. The van der Waals surface area contributed by atoms with Crippen molar-refractivity contribution in [3.8, 4) is 0 Å². The van der Waals surface area contributed by atoms with E-state index in [-0.39, 0.29) is 0 Å². The first-order valence-electron chi connectivity index (χ1n) is 4.53. The fourth-order valence-electron chi connectivity index (χ4n) is 0.810. The summed E-state index contributed by atoms with van der Waals surface area (Å²) in [6.45, 7) is 8.97. The number of allylic oxidation sites excluding steroid dienone is 1. The van der Waals surface area contributed by atoms with Crippen LogP contribution in [0.25, 0.3) is 0 Å². The van der Waals surface area contributed by atoms with E-state index in [2.05, 4.69) is 33.5 Å². The van der Waals surface area contributed by atoms with E-state index >= 15 is 0 Å². The lowest BCUT2D eigenvalue weighted by molar-refractivity contribution is 0.548. The third-order valence-electron chi connectivity index (χ3n) is 1.87. The Kier molecular flexibility index (Phi) is 6.96. The molecule has 0 aliphatic carbocycles. The molecule has 0 radical (unpaired) electrons. The average molecular weight is 172 g/mol. The minimum absolute atomic E-state index is 0.924. The molecule has 0 spiro atoms. The Morgan fingerprint density at radius 3 is 2.55 bits per heavy atom. The van der Waals surface area contributed by atoms with Gasteiger partial charge in [0.2, 0.25) is 0 Å². The van der Waals surface area contributed by atoms with Gasteiger partial charge in [-0.15, -0.1) is 0 Å². The first-order chi connectivity index (χ1) is 5.16. The van der Waals surface area contributed by atoms with E-state index in [9.17, 15) is 0 Å². The first-order valence-corrected chi connectivity index (χ1v) is 5.82. The van der Waals surface area contributed by atoms with Gasteiger partial charge in [0.15, 0.2) is 0 Å². The van der Waals surface area contributed by atoms with Gasteiger partial charge in [-0.2, -0.15) is 0 Å². The molecule has 2 unspecified atom stereocenters. The van der Waals surface area contributed by atoms with Gasteiger partial charge in [-0.25, -0.2) is 0 Å². The highest BCUT2D eigenvalue weighted by molar-refractivity contribution is 7.41. The van der Waals surface area contributed by atoms with Gasteiger partial charge in [-0.1, -0.05) is 40.2 Å². The van der Waals surface area contributed by atoms with Crippen molar-refractivity contribution in [1.82, 2.24) is 0 Å². The molecule has 0 aromatic rings. The lowest BCUT2D eigenvalue weighted by Gasteiger charge is -2.05. The molecule has 0 bridgehead atoms. The summed E-state index contributed by atoms with van der Waals surface area (Å²) in [5.74, 6) is 3.29. The molecule has 0 nitrogen and oxygen atoms in total. The normalized spacial score (nSPS) is 13.8. The second-order valence-corrected chi connectivity index (χ2v) is 4.67. The van der Waals surface area contributed by atoms with Crippen molar-refractivity contribution in [3.63, 3.8) is 0 Å². The quantitative estimate of drug-likeness (QED) is 0.434. The Bertz CT molecular complexity index is 112. The van der Waals surface area contributed by atoms with Crippen LogP contribution in [0.3, 0.4) is 0 Å². The maximum absolute atomic E-state index is 2.36. The van der Waals surface area contributed by atoms with Crippen LogP contribution in [0.5, 0.6) is 0 Å². The molecule has 0 saturated heterocycles. The second-order valence-electron chi connectivity index (χ2n) is 3.48.